The molecule has 1 amide bonds. The normalized spacial score (nSPS) is 18.5. The first-order valence-electron chi connectivity index (χ1n) is 8.29. The average Bonchev–Trinajstić information content (AvgIpc) is 3.04. The Bertz CT molecular complexity index is 694. The summed E-state index contributed by atoms with van der Waals surface area (Å²) in [6.45, 7) is 6.42. The number of aromatic nitrogens is 2. The number of rotatable bonds is 2. The van der Waals surface area contributed by atoms with Gasteiger partial charge in [-0.3, -0.25) is 9.88 Å². The van der Waals surface area contributed by atoms with E-state index in [9.17, 15) is 4.79 Å². The minimum atomic E-state index is -0.483. The first kappa shape index (κ1) is 16.9. The summed E-state index contributed by atoms with van der Waals surface area (Å²) in [5.41, 5.74) is 1.53. The molecule has 6 heteroatoms. The summed E-state index contributed by atoms with van der Waals surface area (Å²) in [5, 5.41) is 3.02. The van der Waals surface area contributed by atoms with Crippen molar-refractivity contribution < 1.29 is 9.53 Å². The van der Waals surface area contributed by atoms with E-state index in [2.05, 4.69) is 10.4 Å². The van der Waals surface area contributed by atoms with E-state index < -0.39 is 5.60 Å². The third kappa shape index (κ3) is 3.93. The highest BCUT2D eigenvalue weighted by Gasteiger charge is 2.32. The van der Waals surface area contributed by atoms with E-state index in [1.54, 1.807) is 23.7 Å². The van der Waals surface area contributed by atoms with Crippen LogP contribution in [0.15, 0.2) is 29.9 Å². The van der Waals surface area contributed by atoms with Gasteiger partial charge in [-0.05, 0) is 52.2 Å². The number of pyridine rings is 1. The van der Waals surface area contributed by atoms with Gasteiger partial charge in [-0.1, -0.05) is 0 Å². The lowest BCUT2D eigenvalue weighted by atomic mass is 10.0. The minimum absolute atomic E-state index is 0.000405. The van der Waals surface area contributed by atoms with Crippen LogP contribution in [0.4, 0.5) is 4.79 Å². The number of piperidine rings is 1. The molecule has 1 aliphatic rings. The van der Waals surface area contributed by atoms with Crippen molar-refractivity contribution in [3.8, 4) is 10.6 Å². The topological polar surface area (TPSA) is 55.3 Å². The molecular weight excluding hydrogens is 322 g/mol. The Hall–Kier alpha value is -1.95. The molecule has 3 heterocycles. The fourth-order valence-corrected chi connectivity index (χ4v) is 3.72. The number of amides is 1. The Labute approximate surface area is 146 Å². The quantitative estimate of drug-likeness (QED) is 0.794. The largest absolute Gasteiger partial charge is 0.444 e. The van der Waals surface area contributed by atoms with Crippen LogP contribution in [0.1, 0.15) is 51.8 Å². The van der Waals surface area contributed by atoms with E-state index in [0.29, 0.717) is 0 Å². The minimum Gasteiger partial charge on any atom is -0.444 e. The average molecular weight is 345 g/mol. The molecule has 0 bridgehead atoms. The first-order valence-corrected chi connectivity index (χ1v) is 9.17. The van der Waals surface area contributed by atoms with Gasteiger partial charge < -0.3 is 4.74 Å². The Balaban J connectivity index is 1.81. The van der Waals surface area contributed by atoms with Gasteiger partial charge in [0.15, 0.2) is 0 Å². The fourth-order valence-electron chi connectivity index (χ4n) is 2.84. The number of ether oxygens (including phenoxy) is 1. The van der Waals surface area contributed by atoms with E-state index in [0.717, 1.165) is 42.1 Å². The second-order valence-electron chi connectivity index (χ2n) is 7.00. The van der Waals surface area contributed by atoms with Gasteiger partial charge in [-0.2, -0.15) is 0 Å². The first-order chi connectivity index (χ1) is 11.4. The zero-order valence-electron chi connectivity index (χ0n) is 14.4. The molecule has 1 unspecified atom stereocenters. The fraction of sp³-hybridized carbons (Fsp3) is 0.500. The third-order valence-electron chi connectivity index (χ3n) is 3.92. The van der Waals surface area contributed by atoms with Gasteiger partial charge in [0, 0.05) is 29.9 Å². The van der Waals surface area contributed by atoms with E-state index in [1.807, 2.05) is 37.8 Å². The van der Waals surface area contributed by atoms with Crippen LogP contribution in [-0.2, 0) is 4.74 Å². The predicted molar refractivity (Wildman–Crippen MR) is 94.9 cm³/mol. The molecule has 0 spiro atoms. The number of carbonyl (C=O) groups is 1. The number of hydrogen-bond acceptors (Lipinski definition) is 5. The molecule has 2 aromatic heterocycles. The van der Waals surface area contributed by atoms with Crippen LogP contribution in [0.2, 0.25) is 0 Å². The molecule has 1 saturated heterocycles. The molecule has 2 aromatic rings. The van der Waals surface area contributed by atoms with Crippen molar-refractivity contribution in [2.75, 3.05) is 6.54 Å². The van der Waals surface area contributed by atoms with Crippen LogP contribution in [0.3, 0.4) is 0 Å². The molecule has 0 radical (unpaired) electrons. The molecule has 5 nitrogen and oxygen atoms in total. The van der Waals surface area contributed by atoms with Crippen LogP contribution in [0.5, 0.6) is 0 Å². The Kier molecular flexibility index (Phi) is 4.85. The lowest BCUT2D eigenvalue weighted by Crippen LogP contribution is -2.42. The van der Waals surface area contributed by atoms with Crippen LogP contribution in [0, 0.1) is 0 Å². The smallest absolute Gasteiger partial charge is 0.410 e. The van der Waals surface area contributed by atoms with Gasteiger partial charge in [0.2, 0.25) is 0 Å². The monoisotopic (exact) mass is 345 g/mol. The van der Waals surface area contributed by atoms with Crippen molar-refractivity contribution >= 4 is 17.4 Å². The lowest BCUT2D eigenvalue weighted by molar-refractivity contribution is 0.00908. The Morgan fingerprint density at radius 1 is 1.29 bits per heavy atom. The molecule has 128 valence electrons. The third-order valence-corrected chi connectivity index (χ3v) is 4.83. The Morgan fingerprint density at radius 2 is 2.04 bits per heavy atom. The van der Waals surface area contributed by atoms with E-state index in [-0.39, 0.29) is 12.1 Å². The molecule has 0 aliphatic carbocycles. The number of carbonyl (C=O) groups excluding carboxylic acids is 1. The highest BCUT2D eigenvalue weighted by atomic mass is 32.1. The van der Waals surface area contributed by atoms with Crippen molar-refractivity contribution in [3.05, 3.63) is 35.6 Å². The number of nitrogens with zero attached hydrogens (tertiary/aromatic N) is 3. The van der Waals surface area contributed by atoms with Gasteiger partial charge in [-0.15, -0.1) is 11.3 Å². The van der Waals surface area contributed by atoms with Crippen molar-refractivity contribution in [2.45, 2.75) is 51.7 Å². The van der Waals surface area contributed by atoms with Crippen LogP contribution in [-0.4, -0.2) is 33.1 Å². The summed E-state index contributed by atoms with van der Waals surface area (Å²) in [7, 11) is 0. The molecule has 0 aromatic carbocycles. The predicted octanol–water partition coefficient (Wildman–Crippen LogP) is 4.67. The standard InChI is InChI=1S/C18H23N3O2S/c1-18(2,3)23-17(22)21-11-5-4-6-15(21)14-12-24-16(20-14)13-7-9-19-10-8-13/h7-10,12,15H,4-6,11H2,1-3H3. The van der Waals surface area contributed by atoms with E-state index in [4.69, 9.17) is 9.72 Å². The molecule has 0 N–H and O–H groups in total. The second-order valence-corrected chi connectivity index (χ2v) is 7.86. The second kappa shape index (κ2) is 6.89. The number of hydrogen-bond donors (Lipinski definition) is 0. The van der Waals surface area contributed by atoms with Gasteiger partial charge in [0.05, 0.1) is 11.7 Å². The maximum absolute atomic E-state index is 12.5. The van der Waals surface area contributed by atoms with Gasteiger partial charge in [0.1, 0.15) is 10.6 Å². The maximum atomic E-state index is 12.5. The van der Waals surface area contributed by atoms with Gasteiger partial charge in [0.25, 0.3) is 0 Å². The summed E-state index contributed by atoms with van der Waals surface area (Å²) in [6, 6.07) is 3.91. The molecule has 1 atom stereocenters. The summed E-state index contributed by atoms with van der Waals surface area (Å²) in [4.78, 5) is 23.2. The molecule has 1 fully saturated rings. The highest BCUT2D eigenvalue weighted by molar-refractivity contribution is 7.13. The van der Waals surface area contributed by atoms with E-state index >= 15 is 0 Å². The van der Waals surface area contributed by atoms with Crippen LogP contribution < -0.4 is 0 Å². The molecule has 0 saturated carbocycles. The summed E-state index contributed by atoms with van der Waals surface area (Å²) >= 11 is 1.61. The van der Waals surface area contributed by atoms with Gasteiger partial charge in [-0.25, -0.2) is 9.78 Å². The lowest BCUT2D eigenvalue weighted by Gasteiger charge is -2.36. The molecule has 1 aliphatic heterocycles. The highest BCUT2D eigenvalue weighted by Crippen LogP contribution is 2.34. The SMILES string of the molecule is CC(C)(C)OC(=O)N1CCCCC1c1csc(-c2ccncc2)n1. The van der Waals surface area contributed by atoms with Crippen molar-refractivity contribution in [3.63, 3.8) is 0 Å². The number of thiazole rings is 1. The Morgan fingerprint density at radius 3 is 2.75 bits per heavy atom. The van der Waals surface area contributed by atoms with Crippen molar-refractivity contribution in [2.24, 2.45) is 0 Å². The molecular formula is C18H23N3O2S. The van der Waals surface area contributed by atoms with Crippen molar-refractivity contribution in [1.29, 1.82) is 0 Å². The summed E-state index contributed by atoms with van der Waals surface area (Å²) < 4.78 is 5.57. The van der Waals surface area contributed by atoms with Crippen molar-refractivity contribution in [1.82, 2.24) is 14.9 Å². The molecule has 3 rings (SSSR count). The van der Waals surface area contributed by atoms with E-state index in [1.165, 1.54) is 0 Å². The van der Waals surface area contributed by atoms with Crippen LogP contribution >= 0.6 is 11.3 Å². The van der Waals surface area contributed by atoms with Gasteiger partial charge >= 0.3 is 6.09 Å². The zero-order valence-corrected chi connectivity index (χ0v) is 15.2. The van der Waals surface area contributed by atoms with Crippen LogP contribution in [0.25, 0.3) is 10.6 Å². The maximum Gasteiger partial charge on any atom is 0.410 e. The summed E-state index contributed by atoms with van der Waals surface area (Å²) in [6.07, 6.45) is 6.33. The number of likely N-dealkylation sites (tertiary alicyclic amines) is 1. The molecule has 24 heavy (non-hydrogen) atoms. The summed E-state index contributed by atoms with van der Waals surface area (Å²) in [5.74, 6) is 0. The zero-order chi connectivity index (χ0) is 17.2.